The molecule has 0 spiro atoms. The molecule has 2 aromatic carbocycles. The van der Waals surface area contributed by atoms with Gasteiger partial charge in [0.1, 0.15) is 11.5 Å². The van der Waals surface area contributed by atoms with Gasteiger partial charge in [0.05, 0.1) is 12.7 Å². The van der Waals surface area contributed by atoms with Crippen LogP contribution in [0.3, 0.4) is 0 Å². The average Bonchev–Trinajstić information content (AvgIpc) is 2.88. The zero-order valence-corrected chi connectivity index (χ0v) is 13.4. The van der Waals surface area contributed by atoms with E-state index in [1.165, 1.54) is 5.56 Å². The zero-order valence-electron chi connectivity index (χ0n) is 13.4. The number of carbonyl (C=O) groups excluding carboxylic acids is 1. The molecule has 3 rings (SSSR count). The monoisotopic (exact) mass is 306 g/mol. The smallest absolute Gasteiger partial charge is 0.343 e. The molecule has 0 N–H and O–H groups in total. The van der Waals surface area contributed by atoms with E-state index < -0.39 is 0 Å². The van der Waals surface area contributed by atoms with Crippen LogP contribution in [-0.2, 0) is 9.53 Å². The fraction of sp³-hybridized carbons (Fsp3) is 0.150. The summed E-state index contributed by atoms with van der Waals surface area (Å²) in [5.41, 5.74) is 4.57. The van der Waals surface area contributed by atoms with Gasteiger partial charge in [0.15, 0.2) is 0 Å². The predicted molar refractivity (Wildman–Crippen MR) is 91.0 cm³/mol. The average molecular weight is 306 g/mol. The number of rotatable bonds is 3. The molecule has 1 aliphatic rings. The Morgan fingerprint density at radius 1 is 1.09 bits per heavy atom. The minimum absolute atomic E-state index is 0.342. The molecule has 116 valence electrons. The first kappa shape index (κ1) is 15.1. The van der Waals surface area contributed by atoms with Crippen molar-refractivity contribution in [2.45, 2.75) is 13.8 Å². The van der Waals surface area contributed by atoms with Gasteiger partial charge in [-0.3, -0.25) is 0 Å². The SMILES string of the molecule is COc1ccccc1/C=C1\C=C(c2ccc(C)cc2C)OC1=O. The number of ether oxygens (including phenoxy) is 2. The molecule has 0 saturated carbocycles. The third kappa shape index (κ3) is 3.04. The molecule has 1 aliphatic heterocycles. The van der Waals surface area contributed by atoms with Crippen molar-refractivity contribution >= 4 is 17.8 Å². The van der Waals surface area contributed by atoms with Gasteiger partial charge in [-0.2, -0.15) is 0 Å². The van der Waals surface area contributed by atoms with Crippen molar-refractivity contribution in [2.75, 3.05) is 7.11 Å². The van der Waals surface area contributed by atoms with Gasteiger partial charge in [0.2, 0.25) is 0 Å². The van der Waals surface area contributed by atoms with E-state index in [0.29, 0.717) is 11.3 Å². The number of hydrogen-bond acceptors (Lipinski definition) is 3. The van der Waals surface area contributed by atoms with Crippen LogP contribution in [0, 0.1) is 13.8 Å². The summed E-state index contributed by atoms with van der Waals surface area (Å²) >= 11 is 0. The summed E-state index contributed by atoms with van der Waals surface area (Å²) in [5, 5.41) is 0. The Morgan fingerprint density at radius 2 is 1.87 bits per heavy atom. The highest BCUT2D eigenvalue weighted by Gasteiger charge is 2.23. The van der Waals surface area contributed by atoms with Crippen LogP contribution in [0.25, 0.3) is 11.8 Å². The molecular weight excluding hydrogens is 288 g/mol. The minimum Gasteiger partial charge on any atom is -0.496 e. The third-order valence-electron chi connectivity index (χ3n) is 3.82. The maximum Gasteiger partial charge on any atom is 0.343 e. The quantitative estimate of drug-likeness (QED) is 0.627. The second-order valence-electron chi connectivity index (χ2n) is 5.56. The minimum atomic E-state index is -0.342. The van der Waals surface area contributed by atoms with Crippen LogP contribution >= 0.6 is 0 Å². The van der Waals surface area contributed by atoms with Crippen molar-refractivity contribution in [3.05, 3.63) is 76.4 Å². The number of cyclic esters (lactones) is 1. The van der Waals surface area contributed by atoms with E-state index in [0.717, 1.165) is 22.4 Å². The van der Waals surface area contributed by atoms with Crippen molar-refractivity contribution in [1.29, 1.82) is 0 Å². The first-order chi connectivity index (χ1) is 11.1. The summed E-state index contributed by atoms with van der Waals surface area (Å²) in [6.45, 7) is 4.05. The van der Waals surface area contributed by atoms with Crippen molar-refractivity contribution in [3.63, 3.8) is 0 Å². The highest BCUT2D eigenvalue weighted by atomic mass is 16.5. The van der Waals surface area contributed by atoms with Crippen molar-refractivity contribution < 1.29 is 14.3 Å². The Hall–Kier alpha value is -2.81. The fourth-order valence-electron chi connectivity index (χ4n) is 2.66. The summed E-state index contributed by atoms with van der Waals surface area (Å²) in [5.74, 6) is 0.973. The fourth-order valence-corrected chi connectivity index (χ4v) is 2.66. The number of methoxy groups -OCH3 is 1. The lowest BCUT2D eigenvalue weighted by atomic mass is 10.0. The molecule has 0 unspecified atom stereocenters. The molecule has 3 heteroatoms. The van der Waals surface area contributed by atoms with Gasteiger partial charge in [-0.25, -0.2) is 4.79 Å². The number of esters is 1. The van der Waals surface area contributed by atoms with Gasteiger partial charge in [-0.05, 0) is 37.6 Å². The van der Waals surface area contributed by atoms with E-state index >= 15 is 0 Å². The third-order valence-corrected chi connectivity index (χ3v) is 3.82. The van der Waals surface area contributed by atoms with Gasteiger partial charge in [0, 0.05) is 11.1 Å². The first-order valence-corrected chi connectivity index (χ1v) is 7.44. The Bertz CT molecular complexity index is 829. The molecule has 23 heavy (non-hydrogen) atoms. The largest absolute Gasteiger partial charge is 0.496 e. The highest BCUT2D eigenvalue weighted by molar-refractivity contribution is 6.05. The Labute approximate surface area is 135 Å². The Morgan fingerprint density at radius 3 is 2.61 bits per heavy atom. The maximum absolute atomic E-state index is 12.2. The van der Waals surface area contributed by atoms with E-state index in [4.69, 9.17) is 9.47 Å². The van der Waals surface area contributed by atoms with Gasteiger partial charge in [-0.1, -0.05) is 42.0 Å². The van der Waals surface area contributed by atoms with Crippen molar-refractivity contribution in [1.82, 2.24) is 0 Å². The standard InChI is InChI=1S/C20H18O3/c1-13-8-9-17(14(2)10-13)19-12-16(20(21)23-19)11-15-6-4-5-7-18(15)22-3/h4-12H,1-3H3/b16-11+. The predicted octanol–water partition coefficient (Wildman–Crippen LogP) is 4.29. The van der Waals surface area contributed by atoms with E-state index in [9.17, 15) is 4.79 Å². The lowest BCUT2D eigenvalue weighted by Gasteiger charge is -2.06. The number of carbonyl (C=O) groups is 1. The summed E-state index contributed by atoms with van der Waals surface area (Å²) in [4.78, 5) is 12.2. The zero-order chi connectivity index (χ0) is 16.4. The van der Waals surface area contributed by atoms with Crippen molar-refractivity contribution in [2.24, 2.45) is 0 Å². The number of para-hydroxylation sites is 1. The van der Waals surface area contributed by atoms with Crippen LogP contribution in [0.1, 0.15) is 22.3 Å². The molecule has 3 nitrogen and oxygen atoms in total. The number of benzene rings is 2. The summed E-state index contributed by atoms with van der Waals surface area (Å²) in [6, 6.07) is 13.6. The molecular formula is C20H18O3. The van der Waals surface area contributed by atoms with Crippen LogP contribution in [0.15, 0.2) is 54.1 Å². The molecule has 0 radical (unpaired) electrons. The lowest BCUT2D eigenvalue weighted by molar-refractivity contribution is -0.130. The van der Waals surface area contributed by atoms with Gasteiger partial charge >= 0.3 is 5.97 Å². The van der Waals surface area contributed by atoms with Crippen molar-refractivity contribution in [3.8, 4) is 5.75 Å². The first-order valence-electron chi connectivity index (χ1n) is 7.44. The molecule has 1 heterocycles. The Balaban J connectivity index is 2.00. The molecule has 0 atom stereocenters. The maximum atomic E-state index is 12.2. The van der Waals surface area contributed by atoms with Crippen LogP contribution in [0.4, 0.5) is 0 Å². The summed E-state index contributed by atoms with van der Waals surface area (Å²) in [6.07, 6.45) is 3.57. The highest BCUT2D eigenvalue weighted by Crippen LogP contribution is 2.31. The lowest BCUT2D eigenvalue weighted by Crippen LogP contribution is -1.98. The second-order valence-corrected chi connectivity index (χ2v) is 5.56. The van der Waals surface area contributed by atoms with Gasteiger partial charge in [0.25, 0.3) is 0 Å². The molecule has 0 aromatic heterocycles. The van der Waals surface area contributed by atoms with Crippen LogP contribution in [0.5, 0.6) is 5.75 Å². The normalized spacial score (nSPS) is 15.5. The molecule has 2 aromatic rings. The van der Waals surface area contributed by atoms with E-state index in [2.05, 4.69) is 6.07 Å². The van der Waals surface area contributed by atoms with Gasteiger partial charge < -0.3 is 9.47 Å². The molecule has 0 amide bonds. The van der Waals surface area contributed by atoms with E-state index in [1.807, 2.05) is 50.2 Å². The van der Waals surface area contributed by atoms with Gasteiger partial charge in [-0.15, -0.1) is 0 Å². The molecule has 0 saturated heterocycles. The van der Waals surface area contributed by atoms with E-state index in [1.54, 1.807) is 19.3 Å². The Kier molecular flexibility index (Phi) is 4.02. The number of hydrogen-bond donors (Lipinski definition) is 0. The van der Waals surface area contributed by atoms with E-state index in [-0.39, 0.29) is 5.97 Å². The molecule has 0 bridgehead atoms. The van der Waals surface area contributed by atoms with Crippen LogP contribution < -0.4 is 4.74 Å². The topological polar surface area (TPSA) is 35.5 Å². The molecule has 0 fully saturated rings. The number of aryl methyl sites for hydroxylation is 2. The van der Waals surface area contributed by atoms with Crippen LogP contribution in [-0.4, -0.2) is 13.1 Å². The van der Waals surface area contributed by atoms with Crippen LogP contribution in [0.2, 0.25) is 0 Å². The second kappa shape index (κ2) is 6.13. The summed E-state index contributed by atoms with van der Waals surface area (Å²) < 4.78 is 10.8. The summed E-state index contributed by atoms with van der Waals surface area (Å²) in [7, 11) is 1.61. The molecule has 0 aliphatic carbocycles.